The largest absolute Gasteiger partial charge is 0.478 e. The number of ether oxygens (including phenoxy) is 1. The molecule has 0 heterocycles. The Bertz CT molecular complexity index is 420. The molecule has 0 atom stereocenters. The van der Waals surface area contributed by atoms with Crippen LogP contribution in [0.3, 0.4) is 0 Å². The van der Waals surface area contributed by atoms with Crippen LogP contribution in [-0.4, -0.2) is 17.7 Å². The fourth-order valence-corrected chi connectivity index (χ4v) is 2.79. The lowest BCUT2D eigenvalue weighted by Gasteiger charge is -2.16. The van der Waals surface area contributed by atoms with E-state index < -0.39 is 5.97 Å². The van der Waals surface area contributed by atoms with Crippen molar-refractivity contribution in [2.75, 3.05) is 6.61 Å². The fraction of sp³-hybridized carbons (Fsp3) is 0.533. The number of rotatable bonds is 5. The second-order valence-corrected chi connectivity index (χ2v) is 4.81. The van der Waals surface area contributed by atoms with Gasteiger partial charge in [-0.15, -0.1) is 0 Å². The van der Waals surface area contributed by atoms with Gasteiger partial charge in [0.15, 0.2) is 0 Å². The van der Waals surface area contributed by atoms with Crippen LogP contribution >= 0.6 is 0 Å². The highest BCUT2D eigenvalue weighted by Gasteiger charge is 2.24. The molecular formula is C15H20O3. The second kappa shape index (κ2) is 6.01. The monoisotopic (exact) mass is 248 g/mol. The van der Waals surface area contributed by atoms with Crippen molar-refractivity contribution >= 4 is 5.97 Å². The molecular weight excluding hydrogens is 228 g/mol. The minimum Gasteiger partial charge on any atom is -0.478 e. The third-order valence-corrected chi connectivity index (χ3v) is 3.65. The van der Waals surface area contributed by atoms with Gasteiger partial charge in [0.2, 0.25) is 0 Å². The molecule has 98 valence electrons. The summed E-state index contributed by atoms with van der Waals surface area (Å²) in [7, 11) is 0. The first kappa shape index (κ1) is 13.1. The van der Waals surface area contributed by atoms with E-state index in [1.807, 2.05) is 25.1 Å². The molecule has 1 aromatic rings. The molecule has 18 heavy (non-hydrogen) atoms. The van der Waals surface area contributed by atoms with Crippen LogP contribution in [0.2, 0.25) is 0 Å². The second-order valence-electron chi connectivity index (χ2n) is 4.81. The Kier molecular flexibility index (Phi) is 4.37. The maximum atomic E-state index is 11.5. The molecule has 1 aliphatic carbocycles. The summed E-state index contributed by atoms with van der Waals surface area (Å²) in [6.45, 7) is 2.91. The van der Waals surface area contributed by atoms with Crippen molar-refractivity contribution in [2.24, 2.45) is 0 Å². The molecule has 1 fully saturated rings. The Morgan fingerprint density at radius 3 is 2.72 bits per heavy atom. The number of carbonyl (C=O) groups is 1. The average molecular weight is 248 g/mol. The van der Waals surface area contributed by atoms with Crippen LogP contribution in [0.25, 0.3) is 0 Å². The number of benzene rings is 1. The number of hydrogen-bond acceptors (Lipinski definition) is 2. The van der Waals surface area contributed by atoms with Gasteiger partial charge in [0.25, 0.3) is 0 Å². The summed E-state index contributed by atoms with van der Waals surface area (Å²) < 4.78 is 5.36. The third kappa shape index (κ3) is 2.72. The number of aromatic carboxylic acids is 1. The van der Waals surface area contributed by atoms with Crippen LogP contribution in [0.1, 0.15) is 60.0 Å². The molecule has 0 saturated heterocycles. The van der Waals surface area contributed by atoms with E-state index in [9.17, 15) is 9.90 Å². The van der Waals surface area contributed by atoms with E-state index in [4.69, 9.17) is 4.74 Å². The minimum atomic E-state index is -0.827. The third-order valence-electron chi connectivity index (χ3n) is 3.65. The lowest BCUT2D eigenvalue weighted by molar-refractivity contribution is 0.0686. The Hall–Kier alpha value is -1.35. The topological polar surface area (TPSA) is 46.5 Å². The Morgan fingerprint density at radius 1 is 1.39 bits per heavy atom. The number of carboxylic acids is 1. The van der Waals surface area contributed by atoms with E-state index in [1.54, 1.807) is 0 Å². The summed E-state index contributed by atoms with van der Waals surface area (Å²) in [5.41, 5.74) is 2.27. The highest BCUT2D eigenvalue weighted by molar-refractivity contribution is 5.91. The summed E-state index contributed by atoms with van der Waals surface area (Å²) >= 11 is 0. The number of carboxylic acid groups (broad SMARTS) is 1. The minimum absolute atomic E-state index is 0.388. The lowest BCUT2D eigenvalue weighted by Crippen LogP contribution is -2.10. The smallest absolute Gasteiger partial charge is 0.336 e. The molecule has 3 heteroatoms. The zero-order chi connectivity index (χ0) is 13.0. The highest BCUT2D eigenvalue weighted by Crippen LogP contribution is 2.36. The average Bonchev–Trinajstić information content (AvgIpc) is 2.89. The summed E-state index contributed by atoms with van der Waals surface area (Å²) in [6, 6.07) is 5.78. The first-order chi connectivity index (χ1) is 8.74. The van der Waals surface area contributed by atoms with Crippen LogP contribution < -0.4 is 0 Å². The first-order valence-corrected chi connectivity index (χ1v) is 6.66. The van der Waals surface area contributed by atoms with E-state index >= 15 is 0 Å². The van der Waals surface area contributed by atoms with Crippen LogP contribution in [0.15, 0.2) is 18.2 Å². The Morgan fingerprint density at radius 2 is 2.11 bits per heavy atom. The molecule has 1 saturated carbocycles. The molecule has 0 bridgehead atoms. The molecule has 0 radical (unpaired) electrons. The molecule has 1 N–H and O–H groups in total. The molecule has 0 unspecified atom stereocenters. The molecule has 0 amide bonds. The molecule has 3 nitrogen and oxygen atoms in total. The van der Waals surface area contributed by atoms with E-state index in [0.717, 1.165) is 24.0 Å². The van der Waals surface area contributed by atoms with E-state index in [2.05, 4.69) is 0 Å². The SMILES string of the molecule is CCOCc1cccc(C2CCCC2)c1C(=O)O. The van der Waals surface area contributed by atoms with Crippen molar-refractivity contribution in [3.63, 3.8) is 0 Å². The van der Waals surface area contributed by atoms with Crippen molar-refractivity contribution in [3.05, 3.63) is 34.9 Å². The summed E-state index contributed by atoms with van der Waals surface area (Å²) in [5, 5.41) is 9.45. The predicted molar refractivity (Wildman–Crippen MR) is 69.9 cm³/mol. The molecule has 1 aromatic carbocycles. The van der Waals surface area contributed by atoms with Crippen LogP contribution in [0, 0.1) is 0 Å². The quantitative estimate of drug-likeness (QED) is 0.866. The zero-order valence-electron chi connectivity index (χ0n) is 10.8. The van der Waals surface area contributed by atoms with Gasteiger partial charge in [-0.1, -0.05) is 31.0 Å². The summed E-state index contributed by atoms with van der Waals surface area (Å²) in [4.78, 5) is 11.5. The van der Waals surface area contributed by atoms with Gasteiger partial charge >= 0.3 is 5.97 Å². The van der Waals surface area contributed by atoms with Gasteiger partial charge in [0.1, 0.15) is 0 Å². The Balaban J connectivity index is 2.35. The normalized spacial score (nSPS) is 16.1. The van der Waals surface area contributed by atoms with Gasteiger partial charge in [-0.25, -0.2) is 4.79 Å². The highest BCUT2D eigenvalue weighted by atomic mass is 16.5. The van der Waals surface area contributed by atoms with E-state index in [-0.39, 0.29) is 0 Å². The van der Waals surface area contributed by atoms with Crippen molar-refractivity contribution in [2.45, 2.75) is 45.1 Å². The zero-order valence-corrected chi connectivity index (χ0v) is 10.8. The summed E-state index contributed by atoms with van der Waals surface area (Å²) in [6.07, 6.45) is 4.63. The fourth-order valence-electron chi connectivity index (χ4n) is 2.79. The molecule has 0 aromatic heterocycles. The van der Waals surface area contributed by atoms with Crippen LogP contribution in [0.5, 0.6) is 0 Å². The molecule has 0 aliphatic heterocycles. The van der Waals surface area contributed by atoms with Crippen LogP contribution in [0.4, 0.5) is 0 Å². The lowest BCUT2D eigenvalue weighted by atomic mass is 9.90. The van der Waals surface area contributed by atoms with Gasteiger partial charge in [-0.2, -0.15) is 0 Å². The van der Waals surface area contributed by atoms with Gasteiger partial charge in [0, 0.05) is 6.61 Å². The van der Waals surface area contributed by atoms with E-state index in [1.165, 1.54) is 12.8 Å². The summed E-state index contributed by atoms with van der Waals surface area (Å²) in [5.74, 6) is -0.412. The Labute approximate surface area is 108 Å². The maximum Gasteiger partial charge on any atom is 0.336 e. The standard InChI is InChI=1S/C15H20O3/c1-2-18-10-12-8-5-9-13(14(12)15(16)17)11-6-3-4-7-11/h5,8-9,11H,2-4,6-7,10H2,1H3,(H,16,17). The molecule has 2 rings (SSSR count). The van der Waals surface area contributed by atoms with Crippen molar-refractivity contribution < 1.29 is 14.6 Å². The number of hydrogen-bond donors (Lipinski definition) is 1. The van der Waals surface area contributed by atoms with Gasteiger partial charge in [0.05, 0.1) is 12.2 Å². The molecule has 1 aliphatic rings. The van der Waals surface area contributed by atoms with Crippen molar-refractivity contribution in [1.82, 2.24) is 0 Å². The first-order valence-electron chi connectivity index (χ1n) is 6.66. The van der Waals surface area contributed by atoms with Gasteiger partial charge < -0.3 is 9.84 Å². The van der Waals surface area contributed by atoms with Gasteiger partial charge in [-0.3, -0.25) is 0 Å². The van der Waals surface area contributed by atoms with Crippen molar-refractivity contribution in [1.29, 1.82) is 0 Å². The molecule has 0 spiro atoms. The van der Waals surface area contributed by atoms with Gasteiger partial charge in [-0.05, 0) is 36.8 Å². The van der Waals surface area contributed by atoms with E-state index in [0.29, 0.717) is 24.7 Å². The predicted octanol–water partition coefficient (Wildman–Crippen LogP) is 3.58. The van der Waals surface area contributed by atoms with Crippen LogP contribution in [-0.2, 0) is 11.3 Å². The van der Waals surface area contributed by atoms with Crippen molar-refractivity contribution in [3.8, 4) is 0 Å². The maximum absolute atomic E-state index is 11.5.